The molecule has 2 bridgehead atoms. The third-order valence-corrected chi connectivity index (χ3v) is 4.33. The molecule has 1 heterocycles. The van der Waals surface area contributed by atoms with Crippen LogP contribution >= 0.6 is 0 Å². The summed E-state index contributed by atoms with van der Waals surface area (Å²) in [5.41, 5.74) is 1.40. The van der Waals surface area contributed by atoms with E-state index in [1.807, 2.05) is 0 Å². The van der Waals surface area contributed by atoms with Gasteiger partial charge in [0.2, 0.25) is 0 Å². The van der Waals surface area contributed by atoms with Crippen LogP contribution in [-0.4, -0.2) is 10.6 Å². The Labute approximate surface area is 91.7 Å². The molecule has 0 spiro atoms. The second-order valence-corrected chi connectivity index (χ2v) is 5.27. The van der Waals surface area contributed by atoms with Crippen molar-refractivity contribution in [3.8, 4) is 0 Å². The molecule has 1 aromatic rings. The first-order chi connectivity index (χ1) is 7.33. The van der Waals surface area contributed by atoms with Crippen molar-refractivity contribution in [1.82, 2.24) is 9.88 Å². The molecule has 0 saturated heterocycles. The minimum Gasteiger partial charge on any atom is -0.353 e. The Morgan fingerprint density at radius 2 is 2.33 bits per heavy atom. The van der Waals surface area contributed by atoms with Crippen molar-refractivity contribution in [3.63, 3.8) is 0 Å². The fourth-order valence-electron chi connectivity index (χ4n) is 3.41. The summed E-state index contributed by atoms with van der Waals surface area (Å²) in [5, 5.41) is 3.74. The van der Waals surface area contributed by atoms with Gasteiger partial charge in [-0.05, 0) is 43.2 Å². The van der Waals surface area contributed by atoms with E-state index in [1.165, 1.54) is 31.4 Å². The van der Waals surface area contributed by atoms with E-state index in [4.69, 9.17) is 0 Å². The quantitative estimate of drug-likeness (QED) is 0.799. The van der Waals surface area contributed by atoms with Gasteiger partial charge in [0.05, 0.1) is 0 Å². The number of nitrogens with zero attached hydrogens (tertiary/aromatic N) is 1. The summed E-state index contributed by atoms with van der Waals surface area (Å²) < 4.78 is 2.21. The van der Waals surface area contributed by atoms with E-state index in [0.29, 0.717) is 0 Å². The van der Waals surface area contributed by atoms with Gasteiger partial charge < -0.3 is 9.88 Å². The molecule has 1 aromatic heterocycles. The molecule has 3 rings (SSSR count). The van der Waals surface area contributed by atoms with Crippen LogP contribution in [0.4, 0.5) is 0 Å². The van der Waals surface area contributed by atoms with Gasteiger partial charge in [0, 0.05) is 31.5 Å². The lowest BCUT2D eigenvalue weighted by atomic mass is 9.95. The van der Waals surface area contributed by atoms with Crippen molar-refractivity contribution in [2.75, 3.05) is 0 Å². The van der Waals surface area contributed by atoms with Gasteiger partial charge in [-0.15, -0.1) is 0 Å². The Morgan fingerprint density at radius 1 is 1.40 bits per heavy atom. The first-order valence-corrected chi connectivity index (χ1v) is 6.16. The van der Waals surface area contributed by atoms with Crippen LogP contribution in [0.1, 0.15) is 31.4 Å². The van der Waals surface area contributed by atoms with Crippen LogP contribution in [0.3, 0.4) is 0 Å². The number of aromatic nitrogens is 1. The average Bonchev–Trinajstić information content (AvgIpc) is 2.90. The molecule has 0 aromatic carbocycles. The van der Waals surface area contributed by atoms with Crippen molar-refractivity contribution in [3.05, 3.63) is 24.0 Å². The Kier molecular flexibility index (Phi) is 2.32. The lowest BCUT2D eigenvalue weighted by Gasteiger charge is -2.23. The molecule has 2 saturated carbocycles. The number of hydrogen-bond acceptors (Lipinski definition) is 1. The minimum absolute atomic E-state index is 0.804. The minimum atomic E-state index is 0.804. The van der Waals surface area contributed by atoms with E-state index in [9.17, 15) is 0 Å². The zero-order valence-corrected chi connectivity index (χ0v) is 9.45. The summed E-state index contributed by atoms with van der Waals surface area (Å²) >= 11 is 0. The molecule has 15 heavy (non-hydrogen) atoms. The van der Waals surface area contributed by atoms with Crippen LogP contribution in [0.2, 0.25) is 0 Å². The van der Waals surface area contributed by atoms with Crippen LogP contribution in [0.15, 0.2) is 18.3 Å². The molecule has 3 atom stereocenters. The van der Waals surface area contributed by atoms with Gasteiger partial charge in [-0.1, -0.05) is 6.42 Å². The first-order valence-electron chi connectivity index (χ1n) is 6.16. The topological polar surface area (TPSA) is 17.0 Å². The van der Waals surface area contributed by atoms with Crippen molar-refractivity contribution in [2.24, 2.45) is 18.9 Å². The van der Waals surface area contributed by atoms with E-state index < -0.39 is 0 Å². The molecule has 0 amide bonds. The van der Waals surface area contributed by atoms with Crippen LogP contribution in [-0.2, 0) is 13.6 Å². The predicted molar refractivity (Wildman–Crippen MR) is 61.5 cm³/mol. The zero-order chi connectivity index (χ0) is 10.3. The molecule has 2 aliphatic rings. The summed E-state index contributed by atoms with van der Waals surface area (Å²) in [4.78, 5) is 0. The molecule has 0 radical (unpaired) electrons. The van der Waals surface area contributed by atoms with Gasteiger partial charge in [-0.25, -0.2) is 0 Å². The third kappa shape index (κ3) is 1.71. The van der Waals surface area contributed by atoms with Crippen molar-refractivity contribution >= 4 is 0 Å². The summed E-state index contributed by atoms with van der Waals surface area (Å²) in [7, 11) is 2.12. The molecule has 0 aliphatic heterocycles. The summed E-state index contributed by atoms with van der Waals surface area (Å²) in [6, 6.07) is 5.14. The molecule has 2 heteroatoms. The number of rotatable bonds is 3. The van der Waals surface area contributed by atoms with Crippen LogP contribution < -0.4 is 5.32 Å². The maximum atomic E-state index is 3.74. The normalized spacial score (nSPS) is 33.8. The zero-order valence-electron chi connectivity index (χ0n) is 9.45. The van der Waals surface area contributed by atoms with Crippen LogP contribution in [0.25, 0.3) is 0 Å². The molecule has 2 aliphatic carbocycles. The fourth-order valence-corrected chi connectivity index (χ4v) is 3.41. The highest BCUT2D eigenvalue weighted by Crippen LogP contribution is 2.44. The fraction of sp³-hybridized carbons (Fsp3) is 0.692. The van der Waals surface area contributed by atoms with Gasteiger partial charge in [0.15, 0.2) is 0 Å². The molecular formula is C13H20N2. The summed E-state index contributed by atoms with van der Waals surface area (Å²) in [6.07, 6.45) is 8.00. The van der Waals surface area contributed by atoms with Gasteiger partial charge in [-0.3, -0.25) is 0 Å². The molecule has 2 fully saturated rings. The van der Waals surface area contributed by atoms with Gasteiger partial charge >= 0.3 is 0 Å². The first kappa shape index (κ1) is 9.46. The Bertz CT molecular complexity index is 342. The Hall–Kier alpha value is -0.760. The maximum Gasteiger partial charge on any atom is 0.0361 e. The number of fused-ring (bicyclic) bond motifs is 2. The van der Waals surface area contributed by atoms with E-state index in [-0.39, 0.29) is 0 Å². The lowest BCUT2D eigenvalue weighted by Crippen LogP contribution is -2.33. The highest BCUT2D eigenvalue weighted by Gasteiger charge is 2.38. The van der Waals surface area contributed by atoms with E-state index >= 15 is 0 Å². The standard InChI is InChI=1S/C13H20N2/c1-15-6-2-3-12(15)9-14-13-8-10-4-5-11(13)7-10/h2-3,6,10-11,13-14H,4-5,7-9H2,1H3. The number of nitrogens with one attached hydrogen (secondary N) is 1. The van der Waals surface area contributed by atoms with Crippen LogP contribution in [0.5, 0.6) is 0 Å². The molecule has 1 N–H and O–H groups in total. The third-order valence-electron chi connectivity index (χ3n) is 4.33. The average molecular weight is 204 g/mol. The Morgan fingerprint density at radius 3 is 2.93 bits per heavy atom. The molecule has 3 unspecified atom stereocenters. The van der Waals surface area contributed by atoms with E-state index in [0.717, 1.165) is 24.4 Å². The van der Waals surface area contributed by atoms with Crippen molar-refractivity contribution in [1.29, 1.82) is 0 Å². The summed E-state index contributed by atoms with van der Waals surface area (Å²) in [6.45, 7) is 1.04. The summed E-state index contributed by atoms with van der Waals surface area (Å²) in [5.74, 6) is 2.02. The highest BCUT2D eigenvalue weighted by atomic mass is 15.0. The van der Waals surface area contributed by atoms with Crippen molar-refractivity contribution in [2.45, 2.75) is 38.3 Å². The van der Waals surface area contributed by atoms with E-state index in [1.54, 1.807) is 0 Å². The Balaban J connectivity index is 1.57. The second-order valence-electron chi connectivity index (χ2n) is 5.27. The lowest BCUT2D eigenvalue weighted by molar-refractivity contribution is 0.348. The number of hydrogen-bond donors (Lipinski definition) is 1. The predicted octanol–water partition coefficient (Wildman–Crippen LogP) is 2.30. The van der Waals surface area contributed by atoms with Crippen molar-refractivity contribution < 1.29 is 0 Å². The van der Waals surface area contributed by atoms with Gasteiger partial charge in [0.1, 0.15) is 0 Å². The highest BCUT2D eigenvalue weighted by molar-refractivity contribution is 5.07. The smallest absolute Gasteiger partial charge is 0.0361 e. The molecule has 82 valence electrons. The second kappa shape index (κ2) is 3.67. The van der Waals surface area contributed by atoms with Crippen LogP contribution in [0, 0.1) is 11.8 Å². The maximum absolute atomic E-state index is 3.74. The van der Waals surface area contributed by atoms with Gasteiger partial charge in [0.25, 0.3) is 0 Å². The number of aryl methyl sites for hydroxylation is 1. The monoisotopic (exact) mass is 204 g/mol. The molecular weight excluding hydrogens is 184 g/mol. The largest absolute Gasteiger partial charge is 0.353 e. The van der Waals surface area contributed by atoms with Gasteiger partial charge in [-0.2, -0.15) is 0 Å². The SMILES string of the molecule is Cn1cccc1CNC1CC2CCC1C2. The molecule has 2 nitrogen and oxygen atoms in total. The van der Waals surface area contributed by atoms with E-state index in [2.05, 4.69) is 35.3 Å².